The fourth-order valence-corrected chi connectivity index (χ4v) is 3.32. The lowest BCUT2D eigenvalue weighted by Gasteiger charge is -2.32. The van der Waals surface area contributed by atoms with E-state index in [-0.39, 0.29) is 6.04 Å². The maximum absolute atomic E-state index is 6.00. The van der Waals surface area contributed by atoms with E-state index >= 15 is 0 Å². The summed E-state index contributed by atoms with van der Waals surface area (Å²) in [6.07, 6.45) is 2.65. The molecule has 130 valence electrons. The molecule has 1 saturated carbocycles. The maximum Gasteiger partial charge on any atom is 0.222 e. The van der Waals surface area contributed by atoms with Crippen molar-refractivity contribution >= 4 is 34.4 Å². The smallest absolute Gasteiger partial charge is 0.222 e. The minimum absolute atomic E-state index is 0.277. The summed E-state index contributed by atoms with van der Waals surface area (Å²) in [6.45, 7) is 0.688. The number of aromatic amines is 1. The predicted molar refractivity (Wildman–Crippen MR) is 99.7 cm³/mol. The zero-order valence-electron chi connectivity index (χ0n) is 13.7. The Morgan fingerprint density at radius 3 is 2.84 bits per heavy atom. The molecule has 0 radical (unpaired) electrons. The van der Waals surface area contributed by atoms with Crippen molar-refractivity contribution in [3.63, 3.8) is 0 Å². The molecule has 4 rings (SSSR count). The molecule has 0 atom stereocenters. The van der Waals surface area contributed by atoms with Crippen LogP contribution in [0.5, 0.6) is 0 Å². The zero-order chi connectivity index (χ0) is 17.4. The third-order valence-electron chi connectivity index (χ3n) is 4.52. The second-order valence-corrected chi connectivity index (χ2v) is 6.92. The molecule has 1 aliphatic rings. The average molecular weight is 358 g/mol. The summed E-state index contributed by atoms with van der Waals surface area (Å²) in [4.78, 5) is 16.4. The Bertz CT molecular complexity index is 901. The molecule has 25 heavy (non-hydrogen) atoms. The zero-order valence-corrected chi connectivity index (χ0v) is 14.4. The summed E-state index contributed by atoms with van der Waals surface area (Å²) in [6, 6.07) is 7.86. The number of halogens is 1. The highest BCUT2D eigenvalue weighted by molar-refractivity contribution is 6.31. The third-order valence-corrected chi connectivity index (χ3v) is 4.75. The van der Waals surface area contributed by atoms with E-state index in [0.29, 0.717) is 23.4 Å². The topological polar surface area (TPSA) is 119 Å². The highest BCUT2D eigenvalue weighted by Crippen LogP contribution is 2.35. The number of hydrogen-bond donors (Lipinski definition) is 4. The van der Waals surface area contributed by atoms with E-state index in [0.717, 1.165) is 47.6 Å². The first kappa shape index (κ1) is 16.1. The van der Waals surface area contributed by atoms with Gasteiger partial charge in [-0.1, -0.05) is 11.6 Å². The summed E-state index contributed by atoms with van der Waals surface area (Å²) in [7, 11) is 0. The highest BCUT2D eigenvalue weighted by Gasteiger charge is 2.29. The lowest BCUT2D eigenvalue weighted by Crippen LogP contribution is -2.35. The van der Waals surface area contributed by atoms with Gasteiger partial charge in [0, 0.05) is 36.0 Å². The fourth-order valence-electron chi connectivity index (χ4n) is 3.15. The van der Waals surface area contributed by atoms with Crippen LogP contribution >= 0.6 is 11.6 Å². The number of hydrogen-bond acceptors (Lipinski definition) is 6. The van der Waals surface area contributed by atoms with Crippen molar-refractivity contribution in [2.75, 3.05) is 17.6 Å². The van der Waals surface area contributed by atoms with Crippen molar-refractivity contribution in [2.24, 2.45) is 5.73 Å². The van der Waals surface area contributed by atoms with Crippen LogP contribution in [0.25, 0.3) is 11.0 Å². The van der Waals surface area contributed by atoms with Crippen LogP contribution in [0.2, 0.25) is 5.02 Å². The van der Waals surface area contributed by atoms with Gasteiger partial charge in [-0.25, -0.2) is 9.97 Å². The first-order valence-electron chi connectivity index (χ1n) is 8.35. The van der Waals surface area contributed by atoms with Gasteiger partial charge in [0.05, 0.1) is 16.7 Å². The molecule has 0 amide bonds. The van der Waals surface area contributed by atoms with Gasteiger partial charge in [0.15, 0.2) is 0 Å². The van der Waals surface area contributed by atoms with E-state index in [9.17, 15) is 0 Å². The van der Waals surface area contributed by atoms with Crippen LogP contribution in [0.4, 0.5) is 11.8 Å². The van der Waals surface area contributed by atoms with Gasteiger partial charge >= 0.3 is 0 Å². The van der Waals surface area contributed by atoms with Crippen molar-refractivity contribution in [1.82, 2.24) is 19.9 Å². The molecular weight excluding hydrogens is 338 g/mol. The van der Waals surface area contributed by atoms with Crippen LogP contribution in [-0.2, 0) is 6.42 Å². The second-order valence-electron chi connectivity index (χ2n) is 6.49. The summed E-state index contributed by atoms with van der Waals surface area (Å²) < 4.78 is 0. The Morgan fingerprint density at radius 2 is 2.04 bits per heavy atom. The SMILES string of the molecule is Nc1nc(NCCc2nc3ccc(Cl)cc3[nH]2)cc(C2CC(N)C2)n1. The van der Waals surface area contributed by atoms with Gasteiger partial charge in [0.1, 0.15) is 11.6 Å². The van der Waals surface area contributed by atoms with Crippen molar-refractivity contribution in [2.45, 2.75) is 31.2 Å². The number of H-pyrrole nitrogens is 1. The van der Waals surface area contributed by atoms with Gasteiger partial charge in [0.2, 0.25) is 5.95 Å². The molecule has 2 heterocycles. The molecule has 0 spiro atoms. The van der Waals surface area contributed by atoms with Crippen molar-refractivity contribution in [3.8, 4) is 0 Å². The van der Waals surface area contributed by atoms with Crippen LogP contribution in [0.15, 0.2) is 24.3 Å². The molecule has 1 aliphatic carbocycles. The largest absolute Gasteiger partial charge is 0.369 e. The van der Waals surface area contributed by atoms with Gasteiger partial charge < -0.3 is 21.8 Å². The normalized spacial score (nSPS) is 19.8. The number of nitrogens with one attached hydrogen (secondary N) is 2. The standard InChI is InChI=1S/C17H20ClN7/c18-10-1-2-12-14(7-10)23-15(22-12)3-4-21-16-8-13(24-17(20)25-16)9-5-11(19)6-9/h1-2,7-9,11H,3-6,19H2,(H,22,23)(H3,20,21,24,25). The molecule has 0 aliphatic heterocycles. The summed E-state index contributed by atoms with van der Waals surface area (Å²) >= 11 is 6.00. The van der Waals surface area contributed by atoms with Gasteiger partial charge in [0.25, 0.3) is 0 Å². The van der Waals surface area contributed by atoms with E-state index in [2.05, 4.69) is 25.3 Å². The molecule has 2 aromatic heterocycles. The van der Waals surface area contributed by atoms with Crippen molar-refractivity contribution in [3.05, 3.63) is 40.8 Å². The lowest BCUT2D eigenvalue weighted by atomic mass is 9.78. The second kappa shape index (κ2) is 6.50. The third kappa shape index (κ3) is 3.52. The Morgan fingerprint density at radius 1 is 1.20 bits per heavy atom. The number of benzene rings is 1. The van der Waals surface area contributed by atoms with Gasteiger partial charge in [-0.05, 0) is 31.0 Å². The molecular formula is C17H20ClN7. The van der Waals surface area contributed by atoms with Crippen molar-refractivity contribution < 1.29 is 0 Å². The number of aromatic nitrogens is 4. The fraction of sp³-hybridized carbons (Fsp3) is 0.353. The molecule has 0 bridgehead atoms. The van der Waals surface area contributed by atoms with E-state index in [1.165, 1.54) is 0 Å². The minimum atomic E-state index is 0.277. The Hall–Kier alpha value is -2.38. The summed E-state index contributed by atoms with van der Waals surface area (Å²) in [5.41, 5.74) is 14.5. The molecule has 1 aromatic carbocycles. The first-order chi connectivity index (χ1) is 12.1. The van der Waals surface area contributed by atoms with Crippen LogP contribution in [0.1, 0.15) is 30.3 Å². The first-order valence-corrected chi connectivity index (χ1v) is 8.72. The monoisotopic (exact) mass is 357 g/mol. The quantitative estimate of drug-likeness (QED) is 0.557. The molecule has 3 aromatic rings. The highest BCUT2D eigenvalue weighted by atomic mass is 35.5. The van der Waals surface area contributed by atoms with Gasteiger partial charge in [-0.2, -0.15) is 4.98 Å². The number of rotatable bonds is 5. The van der Waals surface area contributed by atoms with E-state index < -0.39 is 0 Å². The minimum Gasteiger partial charge on any atom is -0.369 e. The molecule has 1 fully saturated rings. The number of nitrogens with two attached hydrogens (primary N) is 2. The molecule has 8 heteroatoms. The van der Waals surface area contributed by atoms with Gasteiger partial charge in [-0.15, -0.1) is 0 Å². The van der Waals surface area contributed by atoms with Gasteiger partial charge in [-0.3, -0.25) is 0 Å². The Balaban J connectivity index is 1.40. The number of nitrogen functional groups attached to an aromatic ring is 1. The van der Waals surface area contributed by atoms with Crippen LogP contribution in [0.3, 0.4) is 0 Å². The van der Waals surface area contributed by atoms with Crippen molar-refractivity contribution in [1.29, 1.82) is 0 Å². The predicted octanol–water partition coefficient (Wildman–Crippen LogP) is 2.45. The number of nitrogens with zero attached hydrogens (tertiary/aromatic N) is 3. The molecule has 0 unspecified atom stereocenters. The van der Waals surface area contributed by atoms with E-state index in [1.54, 1.807) is 0 Å². The van der Waals surface area contributed by atoms with Crippen LogP contribution in [-0.4, -0.2) is 32.5 Å². The summed E-state index contributed by atoms with van der Waals surface area (Å²) in [5, 5.41) is 3.99. The molecule has 6 N–H and O–H groups in total. The number of anilines is 2. The number of imidazole rings is 1. The number of fused-ring (bicyclic) bond motifs is 1. The average Bonchev–Trinajstić information content (AvgIpc) is 2.93. The lowest BCUT2D eigenvalue weighted by molar-refractivity contribution is 0.345. The Kier molecular flexibility index (Phi) is 4.19. The van der Waals surface area contributed by atoms with E-state index in [1.807, 2.05) is 24.3 Å². The molecule has 0 saturated heterocycles. The van der Waals surface area contributed by atoms with E-state index in [4.69, 9.17) is 23.1 Å². The molecule has 7 nitrogen and oxygen atoms in total. The van der Waals surface area contributed by atoms with Crippen LogP contribution < -0.4 is 16.8 Å². The van der Waals surface area contributed by atoms with Crippen LogP contribution in [0, 0.1) is 0 Å². The summed E-state index contributed by atoms with van der Waals surface area (Å²) in [5.74, 6) is 2.32. The Labute approximate surface area is 150 Å². The maximum atomic E-state index is 6.00.